The predicted molar refractivity (Wildman–Crippen MR) is 69.3 cm³/mol. The molecular formula is C12H17NO5S. The lowest BCUT2D eigenvalue weighted by atomic mass is 10.2. The maximum Gasteiger partial charge on any atom is 0.307 e. The molecule has 0 saturated carbocycles. The summed E-state index contributed by atoms with van der Waals surface area (Å²) in [5.41, 5.74) is 0.548. The summed E-state index contributed by atoms with van der Waals surface area (Å²) < 4.78 is 26.1. The number of aliphatic hydroxyl groups excluding tert-OH is 1. The molecule has 19 heavy (non-hydrogen) atoms. The molecule has 0 atom stereocenters. The molecule has 0 amide bonds. The fourth-order valence-electron chi connectivity index (χ4n) is 1.49. The van der Waals surface area contributed by atoms with Crippen molar-refractivity contribution in [1.29, 1.82) is 0 Å². The van der Waals surface area contributed by atoms with Gasteiger partial charge in [-0.15, -0.1) is 0 Å². The molecule has 1 aromatic rings. The van der Waals surface area contributed by atoms with Crippen molar-refractivity contribution in [1.82, 2.24) is 4.72 Å². The van der Waals surface area contributed by atoms with Crippen LogP contribution in [0.1, 0.15) is 18.4 Å². The van der Waals surface area contributed by atoms with E-state index in [0.717, 1.165) is 0 Å². The highest BCUT2D eigenvalue weighted by Crippen LogP contribution is 2.11. The number of hydrogen-bond acceptors (Lipinski definition) is 4. The van der Waals surface area contributed by atoms with Gasteiger partial charge in [-0.1, -0.05) is 12.1 Å². The lowest BCUT2D eigenvalue weighted by molar-refractivity contribution is -0.136. The lowest BCUT2D eigenvalue weighted by Gasteiger charge is -2.06. The summed E-state index contributed by atoms with van der Waals surface area (Å²) in [6.07, 6.45) is 0.969. The van der Waals surface area contributed by atoms with Crippen molar-refractivity contribution in [2.75, 3.05) is 13.2 Å². The average Bonchev–Trinajstić information content (AvgIpc) is 2.35. The molecule has 3 N–H and O–H groups in total. The van der Waals surface area contributed by atoms with Crippen LogP contribution in [0.5, 0.6) is 0 Å². The van der Waals surface area contributed by atoms with Gasteiger partial charge < -0.3 is 10.2 Å². The molecule has 1 aromatic carbocycles. The minimum atomic E-state index is -3.57. The maximum absolute atomic E-state index is 11.8. The third kappa shape index (κ3) is 5.37. The zero-order chi connectivity index (χ0) is 14.3. The van der Waals surface area contributed by atoms with E-state index in [1.807, 2.05) is 0 Å². The Labute approximate surface area is 112 Å². The minimum absolute atomic E-state index is 0.0333. The smallest absolute Gasteiger partial charge is 0.307 e. The van der Waals surface area contributed by atoms with Gasteiger partial charge in [-0.2, -0.15) is 0 Å². The monoisotopic (exact) mass is 287 g/mol. The van der Waals surface area contributed by atoms with E-state index in [4.69, 9.17) is 10.2 Å². The second-order valence-electron chi connectivity index (χ2n) is 4.04. The van der Waals surface area contributed by atoms with Crippen molar-refractivity contribution in [3.8, 4) is 0 Å². The van der Waals surface area contributed by atoms with Gasteiger partial charge in [0.1, 0.15) is 0 Å². The highest BCUT2D eigenvalue weighted by Gasteiger charge is 2.13. The van der Waals surface area contributed by atoms with E-state index in [1.54, 1.807) is 0 Å². The van der Waals surface area contributed by atoms with Gasteiger partial charge in [-0.25, -0.2) is 13.1 Å². The van der Waals surface area contributed by atoms with Gasteiger partial charge in [0.2, 0.25) is 10.0 Å². The van der Waals surface area contributed by atoms with Crippen LogP contribution in [0.3, 0.4) is 0 Å². The molecule has 0 aliphatic heterocycles. The second-order valence-corrected chi connectivity index (χ2v) is 5.81. The Balaban J connectivity index is 2.65. The number of carboxylic acid groups (broad SMARTS) is 1. The van der Waals surface area contributed by atoms with Gasteiger partial charge in [0.05, 0.1) is 11.3 Å². The van der Waals surface area contributed by atoms with Crippen molar-refractivity contribution in [2.45, 2.75) is 24.2 Å². The first-order valence-corrected chi connectivity index (χ1v) is 7.35. The van der Waals surface area contributed by atoms with E-state index in [9.17, 15) is 13.2 Å². The standard InChI is InChI=1S/C12H17NO5S/c14-8-2-1-7-13-19(17,18)11-5-3-10(4-6-11)9-12(15)16/h3-6,13-14H,1-2,7-9H2,(H,15,16). The van der Waals surface area contributed by atoms with Gasteiger partial charge in [0.25, 0.3) is 0 Å². The van der Waals surface area contributed by atoms with Crippen LogP contribution < -0.4 is 4.72 Å². The summed E-state index contributed by atoms with van der Waals surface area (Å²) in [4.78, 5) is 10.6. The summed E-state index contributed by atoms with van der Waals surface area (Å²) in [6, 6.07) is 5.73. The summed E-state index contributed by atoms with van der Waals surface area (Å²) >= 11 is 0. The number of aliphatic hydroxyl groups is 1. The molecule has 7 heteroatoms. The molecule has 1 rings (SSSR count). The molecule has 0 aliphatic rings. The van der Waals surface area contributed by atoms with Gasteiger partial charge in [0.15, 0.2) is 0 Å². The molecule has 0 aliphatic carbocycles. The molecule has 0 saturated heterocycles. The number of unbranched alkanes of at least 4 members (excludes halogenated alkanes) is 1. The van der Waals surface area contributed by atoms with Crippen LogP contribution in [0.2, 0.25) is 0 Å². The lowest BCUT2D eigenvalue weighted by Crippen LogP contribution is -2.25. The molecule has 0 unspecified atom stereocenters. The number of aliphatic carboxylic acids is 1. The Hall–Kier alpha value is -1.44. The van der Waals surface area contributed by atoms with E-state index in [0.29, 0.717) is 18.4 Å². The Bertz CT molecular complexity index is 509. The summed E-state index contributed by atoms with van der Waals surface area (Å²) in [5.74, 6) is -0.960. The summed E-state index contributed by atoms with van der Waals surface area (Å²) in [6.45, 7) is 0.297. The topological polar surface area (TPSA) is 104 Å². The van der Waals surface area contributed by atoms with Crippen molar-refractivity contribution in [2.24, 2.45) is 0 Å². The van der Waals surface area contributed by atoms with E-state index in [2.05, 4.69) is 4.72 Å². The molecule has 0 radical (unpaired) electrons. The van der Waals surface area contributed by atoms with Gasteiger partial charge in [-0.3, -0.25) is 4.79 Å². The molecule has 0 aromatic heterocycles. The van der Waals surface area contributed by atoms with Crippen LogP contribution in [0.4, 0.5) is 0 Å². The molecule has 0 spiro atoms. The van der Waals surface area contributed by atoms with E-state index in [1.165, 1.54) is 24.3 Å². The van der Waals surface area contributed by atoms with Crippen molar-refractivity contribution < 1.29 is 23.4 Å². The zero-order valence-corrected chi connectivity index (χ0v) is 11.2. The Morgan fingerprint density at radius 3 is 2.32 bits per heavy atom. The Kier molecular flexibility index (Phi) is 5.94. The van der Waals surface area contributed by atoms with Gasteiger partial charge in [0, 0.05) is 13.2 Å². The molecule has 0 fully saturated rings. The summed E-state index contributed by atoms with van der Waals surface area (Å²) in [5, 5.41) is 17.2. The number of nitrogens with one attached hydrogen (secondary N) is 1. The van der Waals surface area contributed by atoms with Gasteiger partial charge in [-0.05, 0) is 30.5 Å². The van der Waals surface area contributed by atoms with Crippen LogP contribution in [0.25, 0.3) is 0 Å². The first-order valence-electron chi connectivity index (χ1n) is 5.87. The quantitative estimate of drug-likeness (QED) is 0.599. The SMILES string of the molecule is O=C(O)Cc1ccc(S(=O)(=O)NCCCCO)cc1. The van der Waals surface area contributed by atoms with Crippen molar-refractivity contribution >= 4 is 16.0 Å². The molecular weight excluding hydrogens is 270 g/mol. The predicted octanol–water partition coefficient (Wildman–Crippen LogP) is 0.364. The summed E-state index contributed by atoms with van der Waals surface area (Å²) in [7, 11) is -3.57. The third-order valence-corrected chi connectivity index (χ3v) is 3.94. The normalized spacial score (nSPS) is 11.4. The molecule has 6 nitrogen and oxygen atoms in total. The number of carboxylic acids is 1. The maximum atomic E-state index is 11.8. The number of sulfonamides is 1. The third-order valence-electron chi connectivity index (χ3n) is 2.47. The fourth-order valence-corrected chi connectivity index (χ4v) is 2.56. The number of rotatable bonds is 8. The average molecular weight is 287 g/mol. The van der Waals surface area contributed by atoms with Crippen LogP contribution in [-0.4, -0.2) is 37.8 Å². The number of benzene rings is 1. The van der Waals surface area contributed by atoms with Crippen molar-refractivity contribution in [3.63, 3.8) is 0 Å². The minimum Gasteiger partial charge on any atom is -0.481 e. The zero-order valence-electron chi connectivity index (χ0n) is 10.4. The Morgan fingerprint density at radius 2 is 1.79 bits per heavy atom. The molecule has 0 heterocycles. The second kappa shape index (κ2) is 7.22. The first kappa shape index (κ1) is 15.6. The highest BCUT2D eigenvalue weighted by atomic mass is 32.2. The van der Waals surface area contributed by atoms with Crippen molar-refractivity contribution in [3.05, 3.63) is 29.8 Å². The van der Waals surface area contributed by atoms with Crippen LogP contribution >= 0.6 is 0 Å². The molecule has 0 bridgehead atoms. The number of carbonyl (C=O) groups is 1. The largest absolute Gasteiger partial charge is 0.481 e. The van der Waals surface area contributed by atoms with Gasteiger partial charge >= 0.3 is 5.97 Å². The highest BCUT2D eigenvalue weighted by molar-refractivity contribution is 7.89. The van der Waals surface area contributed by atoms with E-state index < -0.39 is 16.0 Å². The van der Waals surface area contributed by atoms with E-state index >= 15 is 0 Å². The Morgan fingerprint density at radius 1 is 1.16 bits per heavy atom. The van der Waals surface area contributed by atoms with E-state index in [-0.39, 0.29) is 24.5 Å². The molecule has 106 valence electrons. The first-order chi connectivity index (χ1) is 8.95. The van der Waals surface area contributed by atoms with Crippen LogP contribution in [0.15, 0.2) is 29.2 Å². The van der Waals surface area contributed by atoms with Crippen LogP contribution in [-0.2, 0) is 21.2 Å². The number of hydrogen-bond donors (Lipinski definition) is 3. The fraction of sp³-hybridized carbons (Fsp3) is 0.417. The van der Waals surface area contributed by atoms with Crippen LogP contribution in [0, 0.1) is 0 Å².